The smallest absolute Gasteiger partial charge is 0.335 e. The number of hydrogen-bond acceptors (Lipinski definition) is 3. The van der Waals surface area contributed by atoms with Crippen molar-refractivity contribution in [2.24, 2.45) is 0 Å². The molecule has 0 spiro atoms. The number of halogens is 2. The van der Waals surface area contributed by atoms with Crippen LogP contribution in [-0.2, 0) is 0 Å². The molecule has 6 heteroatoms. The molecule has 0 aliphatic heterocycles. The van der Waals surface area contributed by atoms with Gasteiger partial charge in [-0.3, -0.25) is 0 Å². The highest BCUT2D eigenvalue weighted by Gasteiger charge is 2.03. The maximum absolute atomic E-state index is 13.5. The van der Waals surface area contributed by atoms with Gasteiger partial charge < -0.3 is 15.2 Å². The van der Waals surface area contributed by atoms with Crippen molar-refractivity contribution in [1.29, 1.82) is 0 Å². The van der Waals surface area contributed by atoms with E-state index in [1.165, 1.54) is 18.2 Å². The third-order valence-electron chi connectivity index (χ3n) is 2.72. The minimum atomic E-state index is -0.978. The van der Waals surface area contributed by atoms with Crippen molar-refractivity contribution in [2.75, 3.05) is 18.5 Å². The maximum atomic E-state index is 13.5. The highest BCUT2D eigenvalue weighted by atomic mass is 79.9. The Bertz CT molecular complexity index is 631. The summed E-state index contributed by atoms with van der Waals surface area (Å²) in [6.45, 7) is 0.765. The molecule has 2 rings (SSSR count). The van der Waals surface area contributed by atoms with Gasteiger partial charge in [-0.2, -0.15) is 0 Å². The topological polar surface area (TPSA) is 58.6 Å². The van der Waals surface area contributed by atoms with Crippen LogP contribution in [0.4, 0.5) is 10.1 Å². The summed E-state index contributed by atoms with van der Waals surface area (Å²) < 4.78 is 19.7. The molecule has 0 heterocycles. The molecule has 0 amide bonds. The first kappa shape index (κ1) is 15.3. The van der Waals surface area contributed by atoms with Crippen LogP contribution in [0.25, 0.3) is 0 Å². The van der Waals surface area contributed by atoms with Gasteiger partial charge in [0.05, 0.1) is 11.3 Å². The van der Waals surface area contributed by atoms with E-state index < -0.39 is 5.97 Å². The lowest BCUT2D eigenvalue weighted by atomic mass is 10.2. The summed E-state index contributed by atoms with van der Waals surface area (Å²) in [6, 6.07) is 10.9. The highest BCUT2D eigenvalue weighted by molar-refractivity contribution is 9.10. The summed E-state index contributed by atoms with van der Waals surface area (Å²) >= 11 is 3.19. The van der Waals surface area contributed by atoms with E-state index in [4.69, 9.17) is 9.84 Å². The number of benzene rings is 2. The fourth-order valence-corrected chi connectivity index (χ4v) is 2.01. The normalized spacial score (nSPS) is 10.2. The largest absolute Gasteiger partial charge is 0.492 e. The van der Waals surface area contributed by atoms with Crippen LogP contribution in [0.15, 0.2) is 46.9 Å². The van der Waals surface area contributed by atoms with E-state index in [0.29, 0.717) is 29.1 Å². The van der Waals surface area contributed by atoms with Crippen LogP contribution in [0, 0.1) is 5.82 Å². The molecule has 110 valence electrons. The number of carbonyl (C=O) groups is 1. The van der Waals surface area contributed by atoms with Gasteiger partial charge in [0.1, 0.15) is 18.2 Å². The van der Waals surface area contributed by atoms with Crippen LogP contribution in [0.5, 0.6) is 5.75 Å². The lowest BCUT2D eigenvalue weighted by molar-refractivity contribution is 0.0697. The predicted octanol–water partition coefficient (Wildman–Crippen LogP) is 3.78. The van der Waals surface area contributed by atoms with Crippen LogP contribution in [0.1, 0.15) is 10.4 Å². The van der Waals surface area contributed by atoms with E-state index in [0.717, 1.165) is 0 Å². The number of carboxylic acid groups (broad SMARTS) is 1. The van der Waals surface area contributed by atoms with E-state index in [2.05, 4.69) is 21.2 Å². The van der Waals surface area contributed by atoms with E-state index in [-0.39, 0.29) is 11.4 Å². The third kappa shape index (κ3) is 4.46. The van der Waals surface area contributed by atoms with Crippen molar-refractivity contribution >= 4 is 27.6 Å². The molecular weight excluding hydrogens is 341 g/mol. The zero-order valence-electron chi connectivity index (χ0n) is 11.0. The van der Waals surface area contributed by atoms with E-state index in [1.807, 2.05) is 0 Å². The highest BCUT2D eigenvalue weighted by Crippen LogP contribution is 2.19. The number of nitrogens with one attached hydrogen (secondary N) is 1. The molecular formula is C15H13BrFNO3. The molecule has 0 saturated heterocycles. The van der Waals surface area contributed by atoms with Crippen LogP contribution in [0.3, 0.4) is 0 Å². The molecule has 0 saturated carbocycles. The number of ether oxygens (including phenoxy) is 1. The fourth-order valence-electron chi connectivity index (χ4n) is 1.68. The maximum Gasteiger partial charge on any atom is 0.335 e. The lowest BCUT2D eigenvalue weighted by Crippen LogP contribution is -2.12. The first-order valence-electron chi connectivity index (χ1n) is 6.21. The number of rotatable bonds is 6. The van der Waals surface area contributed by atoms with Gasteiger partial charge in [0, 0.05) is 11.0 Å². The lowest BCUT2D eigenvalue weighted by Gasteiger charge is -2.09. The first-order chi connectivity index (χ1) is 10.1. The van der Waals surface area contributed by atoms with Gasteiger partial charge in [-0.05, 0) is 42.5 Å². The summed E-state index contributed by atoms with van der Waals surface area (Å²) in [5.41, 5.74) is 0.612. The van der Waals surface area contributed by atoms with Crippen LogP contribution < -0.4 is 10.1 Å². The molecule has 0 unspecified atom stereocenters. The molecule has 2 N–H and O–H groups in total. The standard InChI is InChI=1S/C15H13BrFNO3/c16-11-3-6-14(13(17)9-11)18-7-8-21-12-4-1-10(2-5-12)15(19)20/h1-6,9,18H,7-8H2,(H,19,20). The summed E-state index contributed by atoms with van der Waals surface area (Å²) in [6.07, 6.45) is 0. The molecule has 0 bridgehead atoms. The molecule has 21 heavy (non-hydrogen) atoms. The summed E-state index contributed by atoms with van der Waals surface area (Å²) in [5.74, 6) is -0.748. The van der Waals surface area contributed by atoms with Gasteiger partial charge in [-0.15, -0.1) is 0 Å². The molecule has 2 aromatic carbocycles. The fraction of sp³-hybridized carbons (Fsp3) is 0.133. The third-order valence-corrected chi connectivity index (χ3v) is 3.21. The number of anilines is 1. The molecule has 0 aliphatic carbocycles. The van der Waals surface area contributed by atoms with Crippen LogP contribution >= 0.6 is 15.9 Å². The van der Waals surface area contributed by atoms with E-state index in [1.54, 1.807) is 24.3 Å². The van der Waals surface area contributed by atoms with Crippen LogP contribution in [0.2, 0.25) is 0 Å². The Hall–Kier alpha value is -2.08. The summed E-state index contributed by atoms with van der Waals surface area (Å²) in [4.78, 5) is 10.7. The zero-order valence-corrected chi connectivity index (χ0v) is 12.6. The summed E-state index contributed by atoms with van der Waals surface area (Å²) in [5, 5.41) is 11.7. The molecule has 0 atom stereocenters. The van der Waals surface area contributed by atoms with Gasteiger partial charge in [-0.1, -0.05) is 15.9 Å². The quantitative estimate of drug-likeness (QED) is 0.776. The van der Waals surface area contributed by atoms with Gasteiger partial charge in [0.2, 0.25) is 0 Å². The molecule has 2 aromatic rings. The monoisotopic (exact) mass is 353 g/mol. The van der Waals surface area contributed by atoms with Crippen molar-refractivity contribution < 1.29 is 19.0 Å². The second-order valence-electron chi connectivity index (χ2n) is 4.23. The molecule has 0 aromatic heterocycles. The molecule has 0 fully saturated rings. The van der Waals surface area contributed by atoms with Crippen LogP contribution in [-0.4, -0.2) is 24.2 Å². The van der Waals surface area contributed by atoms with Gasteiger partial charge >= 0.3 is 5.97 Å². The molecule has 0 aliphatic rings. The van der Waals surface area contributed by atoms with Gasteiger partial charge in [-0.25, -0.2) is 9.18 Å². The Labute approximate surface area is 129 Å². The second kappa shape index (κ2) is 7.08. The van der Waals surface area contributed by atoms with Gasteiger partial charge in [0.25, 0.3) is 0 Å². The van der Waals surface area contributed by atoms with Crippen molar-refractivity contribution in [2.45, 2.75) is 0 Å². The van der Waals surface area contributed by atoms with Gasteiger partial charge in [0.15, 0.2) is 0 Å². The average Bonchev–Trinajstić information content (AvgIpc) is 2.46. The Morgan fingerprint density at radius 2 is 1.95 bits per heavy atom. The molecule has 4 nitrogen and oxygen atoms in total. The predicted molar refractivity (Wildman–Crippen MR) is 81.5 cm³/mol. The Kier molecular flexibility index (Phi) is 5.16. The Morgan fingerprint density at radius 1 is 1.24 bits per heavy atom. The Morgan fingerprint density at radius 3 is 2.57 bits per heavy atom. The Balaban J connectivity index is 1.80. The first-order valence-corrected chi connectivity index (χ1v) is 7.00. The number of hydrogen-bond donors (Lipinski definition) is 2. The molecule has 0 radical (unpaired) electrons. The number of carboxylic acids is 1. The minimum absolute atomic E-state index is 0.206. The van der Waals surface area contributed by atoms with Crippen molar-refractivity contribution in [1.82, 2.24) is 0 Å². The van der Waals surface area contributed by atoms with E-state index >= 15 is 0 Å². The number of aromatic carboxylic acids is 1. The second-order valence-corrected chi connectivity index (χ2v) is 5.14. The van der Waals surface area contributed by atoms with E-state index in [9.17, 15) is 9.18 Å². The SMILES string of the molecule is O=C(O)c1ccc(OCCNc2ccc(Br)cc2F)cc1. The average molecular weight is 354 g/mol. The van der Waals surface area contributed by atoms with Crippen molar-refractivity contribution in [3.63, 3.8) is 0 Å². The van der Waals surface area contributed by atoms with Crippen molar-refractivity contribution in [3.8, 4) is 5.75 Å². The van der Waals surface area contributed by atoms with Crippen molar-refractivity contribution in [3.05, 3.63) is 58.3 Å². The minimum Gasteiger partial charge on any atom is -0.492 e. The summed E-state index contributed by atoms with van der Waals surface area (Å²) in [7, 11) is 0. The zero-order chi connectivity index (χ0) is 15.2.